The molecule has 1 unspecified atom stereocenters. The number of aryl methyl sites for hydroxylation is 1. The van der Waals surface area contributed by atoms with E-state index in [9.17, 15) is 4.39 Å². The standard InChI is InChI=1S/C20H22Br2FNO/c1-14-7-8-15(18(21)10-14)11-24(13-17-5-3-9-25-17)12-16-4-2-6-19(23)20(16)22/h2,4,6-8,10,17H,3,5,9,11-13H2,1H3. The van der Waals surface area contributed by atoms with Crippen molar-refractivity contribution in [2.75, 3.05) is 13.2 Å². The van der Waals surface area contributed by atoms with E-state index >= 15 is 0 Å². The minimum Gasteiger partial charge on any atom is -0.377 e. The quantitative estimate of drug-likeness (QED) is 0.525. The SMILES string of the molecule is Cc1ccc(CN(Cc2cccc(F)c2Br)CC2CCCO2)c(Br)c1. The molecule has 25 heavy (non-hydrogen) atoms. The molecule has 1 saturated heterocycles. The van der Waals surface area contributed by atoms with Crippen molar-refractivity contribution in [3.05, 3.63) is 67.9 Å². The van der Waals surface area contributed by atoms with Gasteiger partial charge in [-0.15, -0.1) is 0 Å². The summed E-state index contributed by atoms with van der Waals surface area (Å²) in [6, 6.07) is 11.6. The molecule has 0 N–H and O–H groups in total. The van der Waals surface area contributed by atoms with E-state index in [0.717, 1.165) is 42.6 Å². The molecule has 0 aliphatic carbocycles. The fourth-order valence-corrected chi connectivity index (χ4v) is 4.20. The van der Waals surface area contributed by atoms with Gasteiger partial charge in [0.15, 0.2) is 0 Å². The molecule has 1 aliphatic heterocycles. The molecule has 1 heterocycles. The van der Waals surface area contributed by atoms with Gasteiger partial charge in [-0.3, -0.25) is 4.90 Å². The van der Waals surface area contributed by atoms with E-state index in [0.29, 0.717) is 11.0 Å². The van der Waals surface area contributed by atoms with E-state index in [1.807, 2.05) is 6.07 Å². The first-order chi connectivity index (χ1) is 12.0. The Balaban J connectivity index is 1.79. The Morgan fingerprint density at radius 3 is 2.68 bits per heavy atom. The minimum absolute atomic E-state index is 0.217. The van der Waals surface area contributed by atoms with Crippen LogP contribution in [-0.2, 0) is 17.8 Å². The summed E-state index contributed by atoms with van der Waals surface area (Å²) in [6.45, 7) is 5.25. The summed E-state index contributed by atoms with van der Waals surface area (Å²) in [5.41, 5.74) is 3.42. The molecule has 0 amide bonds. The second-order valence-corrected chi connectivity index (χ2v) is 8.26. The van der Waals surface area contributed by atoms with Crippen LogP contribution in [0.2, 0.25) is 0 Å². The van der Waals surface area contributed by atoms with Gasteiger partial charge in [-0.2, -0.15) is 0 Å². The highest BCUT2D eigenvalue weighted by molar-refractivity contribution is 9.10. The van der Waals surface area contributed by atoms with Crippen molar-refractivity contribution < 1.29 is 9.13 Å². The predicted molar refractivity (Wildman–Crippen MR) is 106 cm³/mol. The maximum absolute atomic E-state index is 13.9. The first-order valence-corrected chi connectivity index (χ1v) is 10.1. The summed E-state index contributed by atoms with van der Waals surface area (Å²) in [6.07, 6.45) is 2.48. The molecule has 1 fully saturated rings. The summed E-state index contributed by atoms with van der Waals surface area (Å²) in [4.78, 5) is 2.34. The van der Waals surface area contributed by atoms with Crippen molar-refractivity contribution in [2.24, 2.45) is 0 Å². The highest BCUT2D eigenvalue weighted by Crippen LogP contribution is 2.26. The minimum atomic E-state index is -0.217. The molecule has 1 atom stereocenters. The molecule has 5 heteroatoms. The predicted octanol–water partition coefficient (Wildman–Crippen LogP) is 5.84. The molecule has 3 rings (SSSR count). The summed E-state index contributed by atoms with van der Waals surface area (Å²) in [5, 5.41) is 0. The first-order valence-electron chi connectivity index (χ1n) is 8.55. The maximum Gasteiger partial charge on any atom is 0.137 e. The number of hydrogen-bond donors (Lipinski definition) is 0. The molecule has 0 aromatic heterocycles. The van der Waals surface area contributed by atoms with Crippen LogP contribution < -0.4 is 0 Å². The van der Waals surface area contributed by atoms with Crippen molar-refractivity contribution in [2.45, 2.75) is 39.0 Å². The van der Waals surface area contributed by atoms with Gasteiger partial charge >= 0.3 is 0 Å². The third kappa shape index (κ3) is 5.13. The Bertz CT molecular complexity index is 732. The van der Waals surface area contributed by atoms with Gasteiger partial charge in [0.1, 0.15) is 5.82 Å². The van der Waals surface area contributed by atoms with E-state index in [1.54, 1.807) is 6.07 Å². The summed E-state index contributed by atoms with van der Waals surface area (Å²) >= 11 is 7.06. The van der Waals surface area contributed by atoms with Crippen LogP contribution in [-0.4, -0.2) is 24.2 Å². The smallest absolute Gasteiger partial charge is 0.137 e. The molecular weight excluding hydrogens is 449 g/mol. The van der Waals surface area contributed by atoms with Gasteiger partial charge in [0.2, 0.25) is 0 Å². The van der Waals surface area contributed by atoms with Crippen LogP contribution in [0, 0.1) is 12.7 Å². The van der Waals surface area contributed by atoms with Crippen LogP contribution in [0.15, 0.2) is 45.3 Å². The zero-order valence-electron chi connectivity index (χ0n) is 14.3. The fraction of sp³-hybridized carbons (Fsp3) is 0.400. The van der Waals surface area contributed by atoms with Crippen LogP contribution in [0.4, 0.5) is 4.39 Å². The molecule has 2 aromatic rings. The second-order valence-electron chi connectivity index (χ2n) is 6.61. The highest BCUT2D eigenvalue weighted by atomic mass is 79.9. The third-order valence-corrected chi connectivity index (χ3v) is 6.14. The molecule has 2 aromatic carbocycles. The van der Waals surface area contributed by atoms with Gasteiger partial charge in [0.05, 0.1) is 10.6 Å². The van der Waals surface area contributed by atoms with E-state index in [-0.39, 0.29) is 11.9 Å². The molecule has 2 nitrogen and oxygen atoms in total. The van der Waals surface area contributed by atoms with Crippen molar-refractivity contribution in [1.29, 1.82) is 0 Å². The lowest BCUT2D eigenvalue weighted by atomic mass is 10.1. The number of hydrogen-bond acceptors (Lipinski definition) is 2. The number of rotatable bonds is 6. The van der Waals surface area contributed by atoms with E-state index < -0.39 is 0 Å². The van der Waals surface area contributed by atoms with Crippen LogP contribution in [0.1, 0.15) is 29.5 Å². The zero-order chi connectivity index (χ0) is 17.8. The molecule has 1 aliphatic rings. The van der Waals surface area contributed by atoms with E-state index in [4.69, 9.17) is 4.74 Å². The molecule has 0 radical (unpaired) electrons. The molecular formula is C20H22Br2FNO. The average Bonchev–Trinajstić information content (AvgIpc) is 3.07. The van der Waals surface area contributed by atoms with Crippen LogP contribution in [0.5, 0.6) is 0 Å². The Morgan fingerprint density at radius 2 is 1.96 bits per heavy atom. The van der Waals surface area contributed by atoms with E-state index in [2.05, 4.69) is 61.9 Å². The fourth-order valence-electron chi connectivity index (χ4n) is 3.19. The van der Waals surface area contributed by atoms with Crippen LogP contribution in [0.25, 0.3) is 0 Å². The lowest BCUT2D eigenvalue weighted by Gasteiger charge is -2.26. The second kappa shape index (κ2) is 8.76. The zero-order valence-corrected chi connectivity index (χ0v) is 17.4. The van der Waals surface area contributed by atoms with Gasteiger partial charge in [-0.05, 0) is 64.5 Å². The number of halogens is 3. The van der Waals surface area contributed by atoms with Gasteiger partial charge in [0.25, 0.3) is 0 Å². The van der Waals surface area contributed by atoms with Gasteiger partial charge in [-0.1, -0.05) is 40.2 Å². The summed E-state index contributed by atoms with van der Waals surface area (Å²) in [5.74, 6) is -0.217. The highest BCUT2D eigenvalue weighted by Gasteiger charge is 2.21. The van der Waals surface area contributed by atoms with Crippen LogP contribution in [0.3, 0.4) is 0 Å². The summed E-state index contributed by atoms with van der Waals surface area (Å²) < 4.78 is 21.4. The van der Waals surface area contributed by atoms with Crippen molar-refractivity contribution >= 4 is 31.9 Å². The Kier molecular flexibility index (Phi) is 6.67. The number of ether oxygens (including phenoxy) is 1. The third-order valence-electron chi connectivity index (χ3n) is 4.51. The lowest BCUT2D eigenvalue weighted by molar-refractivity contribution is 0.0677. The normalized spacial score (nSPS) is 17.4. The molecule has 0 saturated carbocycles. The van der Waals surface area contributed by atoms with Crippen molar-refractivity contribution in [3.8, 4) is 0 Å². The van der Waals surface area contributed by atoms with Gasteiger partial charge in [-0.25, -0.2) is 4.39 Å². The first kappa shape index (κ1) is 19.0. The Morgan fingerprint density at radius 1 is 1.16 bits per heavy atom. The molecule has 134 valence electrons. The molecule has 0 spiro atoms. The number of benzene rings is 2. The largest absolute Gasteiger partial charge is 0.377 e. The van der Waals surface area contributed by atoms with Crippen LogP contribution >= 0.6 is 31.9 Å². The maximum atomic E-state index is 13.9. The lowest BCUT2D eigenvalue weighted by Crippen LogP contribution is -2.31. The molecule has 0 bridgehead atoms. The Hall–Kier alpha value is -0.750. The topological polar surface area (TPSA) is 12.5 Å². The van der Waals surface area contributed by atoms with Crippen molar-refractivity contribution in [1.82, 2.24) is 4.90 Å². The van der Waals surface area contributed by atoms with E-state index in [1.165, 1.54) is 17.2 Å². The average molecular weight is 471 g/mol. The van der Waals surface area contributed by atoms with Gasteiger partial charge in [0, 0.05) is 30.7 Å². The Labute approximate surface area is 165 Å². The van der Waals surface area contributed by atoms with Crippen molar-refractivity contribution in [3.63, 3.8) is 0 Å². The monoisotopic (exact) mass is 469 g/mol. The van der Waals surface area contributed by atoms with Gasteiger partial charge < -0.3 is 4.74 Å². The summed E-state index contributed by atoms with van der Waals surface area (Å²) in [7, 11) is 0. The number of nitrogens with zero attached hydrogens (tertiary/aromatic N) is 1.